The third kappa shape index (κ3) is 3.10. The second-order valence-corrected chi connectivity index (χ2v) is 6.50. The summed E-state index contributed by atoms with van der Waals surface area (Å²) in [4.78, 5) is 14.4. The third-order valence-electron chi connectivity index (χ3n) is 4.44. The van der Waals surface area contributed by atoms with E-state index in [0.29, 0.717) is 12.2 Å². The molecule has 1 aliphatic rings. The highest BCUT2D eigenvalue weighted by Crippen LogP contribution is 2.28. The zero-order chi connectivity index (χ0) is 15.0. The number of amides is 1. The van der Waals surface area contributed by atoms with Crippen LogP contribution in [-0.2, 0) is 11.2 Å². The molecular formula is C16H22ClN3O2. The molecule has 1 unspecified atom stereocenters. The minimum absolute atomic E-state index is 0. The molecule has 1 aromatic heterocycles. The second-order valence-electron chi connectivity index (χ2n) is 6.50. The molecule has 6 heteroatoms. The van der Waals surface area contributed by atoms with Gasteiger partial charge in [0.1, 0.15) is 5.69 Å². The molecule has 2 aromatic rings. The van der Waals surface area contributed by atoms with Crippen LogP contribution in [0.25, 0.3) is 11.0 Å². The highest BCUT2D eigenvalue weighted by atomic mass is 35.5. The van der Waals surface area contributed by atoms with Crippen LogP contribution in [0.5, 0.6) is 0 Å². The van der Waals surface area contributed by atoms with Crippen LogP contribution >= 0.6 is 12.4 Å². The molecule has 1 saturated heterocycles. The summed E-state index contributed by atoms with van der Waals surface area (Å²) in [5.74, 6) is 0.0917. The maximum Gasteiger partial charge on any atom is 0.228 e. The van der Waals surface area contributed by atoms with Crippen molar-refractivity contribution in [1.82, 2.24) is 10.1 Å². The molecule has 1 aliphatic heterocycles. The van der Waals surface area contributed by atoms with Gasteiger partial charge in [0.05, 0.1) is 6.42 Å². The van der Waals surface area contributed by atoms with Crippen LogP contribution in [0.4, 0.5) is 0 Å². The number of rotatable bonds is 2. The first-order valence-electron chi connectivity index (χ1n) is 7.34. The lowest BCUT2D eigenvalue weighted by Crippen LogP contribution is -2.54. The summed E-state index contributed by atoms with van der Waals surface area (Å²) in [7, 11) is 0. The Morgan fingerprint density at radius 1 is 1.45 bits per heavy atom. The number of carbonyl (C=O) groups excluding carboxylic acids is 1. The number of halogens is 1. The minimum atomic E-state index is -0.0419. The van der Waals surface area contributed by atoms with E-state index in [1.54, 1.807) is 0 Å². The van der Waals surface area contributed by atoms with Gasteiger partial charge < -0.3 is 15.2 Å². The van der Waals surface area contributed by atoms with Crippen molar-refractivity contribution >= 4 is 29.3 Å². The van der Waals surface area contributed by atoms with E-state index in [-0.39, 0.29) is 36.2 Å². The Morgan fingerprint density at radius 3 is 2.91 bits per heavy atom. The van der Waals surface area contributed by atoms with Crippen LogP contribution in [0.15, 0.2) is 28.8 Å². The summed E-state index contributed by atoms with van der Waals surface area (Å²) in [5, 5.41) is 4.95. The van der Waals surface area contributed by atoms with Crippen LogP contribution in [0.1, 0.15) is 26.0 Å². The van der Waals surface area contributed by atoms with E-state index in [9.17, 15) is 4.79 Å². The molecule has 0 spiro atoms. The maximum atomic E-state index is 12.5. The Hall–Kier alpha value is -1.59. The number of piperidine rings is 1. The molecule has 5 nitrogen and oxygen atoms in total. The van der Waals surface area contributed by atoms with Gasteiger partial charge in [-0.25, -0.2) is 0 Å². The van der Waals surface area contributed by atoms with E-state index in [1.165, 1.54) is 0 Å². The number of likely N-dealkylation sites (tertiary alicyclic amines) is 1. The summed E-state index contributed by atoms with van der Waals surface area (Å²) in [6.45, 7) is 5.65. The molecule has 2 heterocycles. The van der Waals surface area contributed by atoms with E-state index in [4.69, 9.17) is 10.3 Å². The van der Waals surface area contributed by atoms with Gasteiger partial charge in [-0.2, -0.15) is 0 Å². The molecule has 0 saturated carbocycles. The summed E-state index contributed by atoms with van der Waals surface area (Å²) in [6.07, 6.45) is 1.13. The molecule has 0 bridgehead atoms. The Bertz CT molecular complexity index is 668. The lowest BCUT2D eigenvalue weighted by molar-refractivity contribution is -0.133. The largest absolute Gasteiger partial charge is 0.356 e. The molecule has 120 valence electrons. The van der Waals surface area contributed by atoms with Crippen molar-refractivity contribution in [1.29, 1.82) is 0 Å². The van der Waals surface area contributed by atoms with E-state index >= 15 is 0 Å². The number of hydrogen-bond acceptors (Lipinski definition) is 4. The number of fused-ring (bicyclic) bond motifs is 1. The maximum absolute atomic E-state index is 12.5. The van der Waals surface area contributed by atoms with Crippen LogP contribution in [-0.4, -0.2) is 35.1 Å². The molecule has 1 fully saturated rings. The first kappa shape index (κ1) is 16.8. The van der Waals surface area contributed by atoms with Gasteiger partial charge >= 0.3 is 0 Å². The van der Waals surface area contributed by atoms with Gasteiger partial charge in [0.2, 0.25) is 5.91 Å². The molecule has 1 amide bonds. The number of nitrogens with zero attached hydrogens (tertiary/aromatic N) is 2. The predicted octanol–water partition coefficient (Wildman–Crippen LogP) is 2.38. The second kappa shape index (κ2) is 6.26. The molecule has 0 aliphatic carbocycles. The topological polar surface area (TPSA) is 72.4 Å². The average molecular weight is 324 g/mol. The fraction of sp³-hybridized carbons (Fsp3) is 0.500. The molecule has 1 aromatic carbocycles. The summed E-state index contributed by atoms with van der Waals surface area (Å²) >= 11 is 0. The SMILES string of the molecule is CC1(C)CN(C(=O)Cc2noc3ccccc23)CCC1N.Cl. The number of hydrogen-bond donors (Lipinski definition) is 1. The van der Waals surface area contributed by atoms with Crippen LogP contribution in [0, 0.1) is 5.41 Å². The molecule has 22 heavy (non-hydrogen) atoms. The van der Waals surface area contributed by atoms with Crippen molar-refractivity contribution in [2.45, 2.75) is 32.7 Å². The standard InChI is InChI=1S/C16H21N3O2.ClH/c1-16(2)10-19(8-7-14(16)17)15(20)9-12-11-5-3-4-6-13(11)21-18-12;/h3-6,14H,7-10,17H2,1-2H3;1H. The lowest BCUT2D eigenvalue weighted by atomic mass is 9.79. The fourth-order valence-electron chi connectivity index (χ4n) is 2.91. The first-order valence-corrected chi connectivity index (χ1v) is 7.34. The van der Waals surface area contributed by atoms with E-state index in [1.807, 2.05) is 29.2 Å². The summed E-state index contributed by atoms with van der Waals surface area (Å²) in [6, 6.07) is 7.77. The van der Waals surface area contributed by atoms with Crippen LogP contribution in [0.3, 0.4) is 0 Å². The number of para-hydroxylation sites is 1. The Balaban J connectivity index is 0.00000176. The van der Waals surface area contributed by atoms with Gasteiger partial charge in [-0.05, 0) is 24.0 Å². The van der Waals surface area contributed by atoms with Gasteiger partial charge in [-0.3, -0.25) is 4.79 Å². The third-order valence-corrected chi connectivity index (χ3v) is 4.44. The van der Waals surface area contributed by atoms with Crippen molar-refractivity contribution in [3.8, 4) is 0 Å². The lowest BCUT2D eigenvalue weighted by Gasteiger charge is -2.42. The number of benzene rings is 1. The Morgan fingerprint density at radius 2 is 2.18 bits per heavy atom. The van der Waals surface area contributed by atoms with Crippen molar-refractivity contribution in [2.24, 2.45) is 11.1 Å². The summed E-state index contributed by atoms with van der Waals surface area (Å²) < 4.78 is 5.25. The van der Waals surface area contributed by atoms with Crippen molar-refractivity contribution in [3.05, 3.63) is 30.0 Å². The van der Waals surface area contributed by atoms with E-state index in [2.05, 4.69) is 19.0 Å². The molecule has 0 radical (unpaired) electrons. The van der Waals surface area contributed by atoms with E-state index in [0.717, 1.165) is 23.9 Å². The molecule has 1 atom stereocenters. The monoisotopic (exact) mass is 323 g/mol. The highest BCUT2D eigenvalue weighted by Gasteiger charge is 2.35. The van der Waals surface area contributed by atoms with Gasteiger partial charge in [0.15, 0.2) is 5.58 Å². The van der Waals surface area contributed by atoms with Crippen LogP contribution in [0.2, 0.25) is 0 Å². The minimum Gasteiger partial charge on any atom is -0.356 e. The number of carbonyl (C=O) groups is 1. The van der Waals surface area contributed by atoms with Crippen molar-refractivity contribution in [2.75, 3.05) is 13.1 Å². The Kier molecular flexibility index (Phi) is 4.78. The fourth-order valence-corrected chi connectivity index (χ4v) is 2.91. The van der Waals surface area contributed by atoms with Gasteiger partial charge in [-0.1, -0.05) is 31.1 Å². The van der Waals surface area contributed by atoms with Crippen molar-refractivity contribution < 1.29 is 9.32 Å². The molecule has 2 N–H and O–H groups in total. The zero-order valence-electron chi connectivity index (χ0n) is 12.9. The highest BCUT2D eigenvalue weighted by molar-refractivity contribution is 5.86. The van der Waals surface area contributed by atoms with E-state index < -0.39 is 0 Å². The number of nitrogens with two attached hydrogens (primary N) is 1. The quantitative estimate of drug-likeness (QED) is 0.921. The Labute approximate surface area is 136 Å². The van der Waals surface area contributed by atoms with Gasteiger partial charge in [0.25, 0.3) is 0 Å². The predicted molar refractivity (Wildman–Crippen MR) is 87.9 cm³/mol. The average Bonchev–Trinajstić information content (AvgIpc) is 2.85. The van der Waals surface area contributed by atoms with Gasteiger partial charge in [0, 0.05) is 24.5 Å². The first-order chi connectivity index (χ1) is 9.97. The normalized spacial score (nSPS) is 20.7. The molecular weight excluding hydrogens is 302 g/mol. The summed E-state index contributed by atoms with van der Waals surface area (Å²) in [5.41, 5.74) is 7.51. The van der Waals surface area contributed by atoms with Gasteiger partial charge in [-0.15, -0.1) is 12.4 Å². The van der Waals surface area contributed by atoms with Crippen LogP contribution < -0.4 is 5.73 Å². The smallest absolute Gasteiger partial charge is 0.228 e. The number of aromatic nitrogens is 1. The zero-order valence-corrected chi connectivity index (χ0v) is 13.7. The van der Waals surface area contributed by atoms with Crippen molar-refractivity contribution in [3.63, 3.8) is 0 Å². The molecule has 3 rings (SSSR count).